The quantitative estimate of drug-likeness (QED) is 0.205. The van der Waals surface area contributed by atoms with E-state index in [2.05, 4.69) is 10.3 Å². The Morgan fingerprint density at radius 2 is 1.62 bits per heavy atom. The van der Waals surface area contributed by atoms with Crippen LogP contribution >= 0.6 is 0 Å². The Morgan fingerprint density at radius 1 is 0.957 bits per heavy atom. The highest BCUT2D eigenvalue weighted by molar-refractivity contribution is 7.92. The number of rotatable bonds is 5. The summed E-state index contributed by atoms with van der Waals surface area (Å²) in [4.78, 5) is 29.7. The number of aromatic amines is 1. The Morgan fingerprint density at radius 3 is 2.21 bits per heavy atom. The average molecular weight is 667 g/mol. The van der Waals surface area contributed by atoms with Crippen molar-refractivity contribution in [2.75, 3.05) is 37.7 Å². The molecular formula is C35H40F2N4O5S. The minimum atomic E-state index is -3.44. The number of furan rings is 1. The van der Waals surface area contributed by atoms with Crippen LogP contribution in [0.3, 0.4) is 0 Å². The molecule has 1 fully saturated rings. The lowest BCUT2D eigenvalue weighted by molar-refractivity contribution is 0.0718. The molecule has 2 amide bonds. The van der Waals surface area contributed by atoms with E-state index < -0.39 is 15.8 Å². The van der Waals surface area contributed by atoms with Crippen LogP contribution in [-0.2, 0) is 10.0 Å². The summed E-state index contributed by atoms with van der Waals surface area (Å²) >= 11 is 0. The first-order chi connectivity index (χ1) is 22.4. The second kappa shape index (κ2) is 14.8. The summed E-state index contributed by atoms with van der Waals surface area (Å²) < 4.78 is 57.4. The zero-order valence-corrected chi connectivity index (χ0v) is 28.2. The van der Waals surface area contributed by atoms with Crippen molar-refractivity contribution in [3.8, 4) is 11.3 Å². The molecule has 12 heteroatoms. The molecule has 9 nitrogen and oxygen atoms in total. The number of anilines is 1. The van der Waals surface area contributed by atoms with E-state index in [4.69, 9.17) is 4.42 Å². The van der Waals surface area contributed by atoms with Gasteiger partial charge in [-0.25, -0.2) is 17.2 Å². The zero-order chi connectivity index (χ0) is 34.5. The Balaban J connectivity index is 0.000000211. The number of para-hydroxylation sites is 1. The van der Waals surface area contributed by atoms with Gasteiger partial charge in [0.25, 0.3) is 11.8 Å². The summed E-state index contributed by atoms with van der Waals surface area (Å²) in [6, 6.07) is 15.3. The van der Waals surface area contributed by atoms with E-state index in [9.17, 15) is 26.8 Å². The van der Waals surface area contributed by atoms with Crippen LogP contribution in [0.2, 0.25) is 0 Å². The number of nitrogens with one attached hydrogen (secondary N) is 2. The highest BCUT2D eigenvalue weighted by Gasteiger charge is 2.24. The molecule has 1 saturated heterocycles. The number of hydrogen-bond acceptors (Lipinski definition) is 5. The predicted molar refractivity (Wildman–Crippen MR) is 182 cm³/mol. The molecule has 1 aliphatic rings. The summed E-state index contributed by atoms with van der Waals surface area (Å²) in [6.45, 7) is 7.47. The second-order valence-corrected chi connectivity index (χ2v) is 13.0. The van der Waals surface area contributed by atoms with Crippen molar-refractivity contribution in [2.24, 2.45) is 0 Å². The number of nitrogens with zero attached hydrogens (tertiary/aromatic N) is 2. The van der Waals surface area contributed by atoms with Crippen LogP contribution in [-0.4, -0.2) is 63.6 Å². The third kappa shape index (κ3) is 7.48. The van der Waals surface area contributed by atoms with Crippen LogP contribution in [0.5, 0.6) is 0 Å². The Labute approximate surface area is 273 Å². The fraction of sp³-hybridized carbons (Fsp3) is 0.314. The predicted octanol–water partition coefficient (Wildman–Crippen LogP) is 7.26. The van der Waals surface area contributed by atoms with Gasteiger partial charge in [0.15, 0.2) is 0 Å². The molecule has 2 N–H and O–H groups in total. The third-order valence-electron chi connectivity index (χ3n) is 7.99. The Kier molecular flexibility index (Phi) is 11.1. The largest absolute Gasteiger partial charge is 0.455 e. The molecule has 1 aliphatic heterocycles. The van der Waals surface area contributed by atoms with Gasteiger partial charge in [0.1, 0.15) is 28.7 Å². The fourth-order valence-electron chi connectivity index (χ4n) is 5.41. The number of H-pyrrole nitrogens is 1. The highest BCUT2D eigenvalue weighted by Crippen LogP contribution is 2.36. The van der Waals surface area contributed by atoms with Gasteiger partial charge in [-0.05, 0) is 74.2 Å². The van der Waals surface area contributed by atoms with Gasteiger partial charge in [0.2, 0.25) is 10.0 Å². The standard InChI is InChI=1S/C18H17FN2O4S.C15H17FN2O.C2H6/c1-20-18(22)16-14-9-8-13(21(2)26(3,23)24)10-15(14)25-17(16)11-4-6-12(19)7-5-11;1-10-11-6-5-7-12(16)14(11)17-13(10)15(19)18-8-3-2-4-9-18;1-2/h4-10H,1-3H3,(H,20,22);5-7,17H,2-4,8-9H2,1H3;1-2H3. The molecule has 47 heavy (non-hydrogen) atoms. The van der Waals surface area contributed by atoms with E-state index in [1.165, 1.54) is 50.8 Å². The smallest absolute Gasteiger partial charge is 0.270 e. The van der Waals surface area contributed by atoms with Gasteiger partial charge in [0, 0.05) is 49.6 Å². The van der Waals surface area contributed by atoms with Crippen molar-refractivity contribution in [1.82, 2.24) is 15.2 Å². The number of halogens is 2. The SMILES string of the molecule is CC.CNC(=O)c1c(-c2ccc(F)cc2)oc2cc(N(C)S(C)(=O)=O)ccc12.Cc1c(C(=O)N2CCCCC2)[nH]c2c(F)cccc12. The number of fused-ring (bicyclic) bond motifs is 2. The molecular weight excluding hydrogens is 626 g/mol. The van der Waals surface area contributed by atoms with E-state index in [1.54, 1.807) is 24.3 Å². The maximum atomic E-state index is 13.7. The summed E-state index contributed by atoms with van der Waals surface area (Å²) in [5, 5.41) is 3.89. The minimum absolute atomic E-state index is 0.00667. The lowest BCUT2D eigenvalue weighted by atomic mass is 10.0. The molecule has 0 saturated carbocycles. The summed E-state index contributed by atoms with van der Waals surface area (Å²) in [5.41, 5.74) is 3.41. The third-order valence-corrected chi connectivity index (χ3v) is 9.20. The van der Waals surface area contributed by atoms with Gasteiger partial charge in [-0.1, -0.05) is 26.0 Å². The first-order valence-electron chi connectivity index (χ1n) is 15.4. The zero-order valence-electron chi connectivity index (χ0n) is 27.4. The molecule has 2 aromatic heterocycles. The number of piperidine rings is 1. The van der Waals surface area contributed by atoms with Crippen molar-refractivity contribution in [3.63, 3.8) is 0 Å². The molecule has 0 spiro atoms. The molecule has 6 rings (SSSR count). The van der Waals surface area contributed by atoms with Crippen LogP contribution < -0.4 is 9.62 Å². The van der Waals surface area contributed by atoms with Crippen LogP contribution in [0, 0.1) is 18.6 Å². The molecule has 0 bridgehead atoms. The van der Waals surface area contributed by atoms with Gasteiger partial charge in [-0.2, -0.15) is 0 Å². The molecule has 3 aromatic carbocycles. The topological polar surface area (TPSA) is 116 Å². The number of benzene rings is 3. The normalized spacial score (nSPS) is 13.0. The average Bonchev–Trinajstić information content (AvgIpc) is 3.63. The number of amides is 2. The van der Waals surface area contributed by atoms with Gasteiger partial charge < -0.3 is 19.6 Å². The van der Waals surface area contributed by atoms with Crippen LogP contribution in [0.25, 0.3) is 33.2 Å². The molecule has 0 radical (unpaired) electrons. The van der Waals surface area contributed by atoms with Gasteiger partial charge in [0.05, 0.1) is 23.0 Å². The maximum Gasteiger partial charge on any atom is 0.270 e. The fourth-order valence-corrected chi connectivity index (χ4v) is 5.91. The van der Waals surface area contributed by atoms with E-state index in [0.29, 0.717) is 44.8 Å². The van der Waals surface area contributed by atoms with Crippen molar-refractivity contribution < 1.29 is 31.2 Å². The first-order valence-corrected chi connectivity index (χ1v) is 17.3. The molecule has 250 valence electrons. The maximum absolute atomic E-state index is 13.7. The summed E-state index contributed by atoms with van der Waals surface area (Å²) in [7, 11) is -0.503. The lowest BCUT2D eigenvalue weighted by Gasteiger charge is -2.26. The number of carbonyl (C=O) groups excluding carboxylic acids is 2. The van der Waals surface area contributed by atoms with Crippen molar-refractivity contribution in [2.45, 2.75) is 40.0 Å². The number of likely N-dealkylation sites (tertiary alicyclic amines) is 1. The molecule has 0 unspecified atom stereocenters. The molecule has 0 atom stereocenters. The monoisotopic (exact) mass is 666 g/mol. The van der Waals surface area contributed by atoms with Gasteiger partial charge in [-0.15, -0.1) is 0 Å². The number of hydrogen-bond donors (Lipinski definition) is 2. The second-order valence-electron chi connectivity index (χ2n) is 10.9. The van der Waals surface area contributed by atoms with E-state index in [0.717, 1.165) is 47.4 Å². The molecule has 0 aliphatic carbocycles. The molecule has 3 heterocycles. The summed E-state index contributed by atoms with van der Waals surface area (Å²) in [6.07, 6.45) is 4.39. The first kappa shape index (κ1) is 35.1. The van der Waals surface area contributed by atoms with Crippen molar-refractivity contribution >= 4 is 49.4 Å². The van der Waals surface area contributed by atoms with Gasteiger partial charge >= 0.3 is 0 Å². The number of aryl methyl sites for hydroxylation is 1. The highest BCUT2D eigenvalue weighted by atomic mass is 32.2. The number of carbonyl (C=O) groups is 2. The number of aromatic nitrogens is 1. The van der Waals surface area contributed by atoms with Crippen molar-refractivity contribution in [1.29, 1.82) is 0 Å². The van der Waals surface area contributed by atoms with Crippen LogP contribution in [0.15, 0.2) is 65.1 Å². The minimum Gasteiger partial charge on any atom is -0.455 e. The van der Waals surface area contributed by atoms with Crippen LogP contribution in [0.4, 0.5) is 14.5 Å². The lowest BCUT2D eigenvalue weighted by Crippen LogP contribution is -2.36. The Hall–Kier alpha value is -4.71. The van der Waals surface area contributed by atoms with E-state index in [-0.39, 0.29) is 17.6 Å². The summed E-state index contributed by atoms with van der Waals surface area (Å²) in [5.74, 6) is -0.777. The molecule has 5 aromatic rings. The van der Waals surface area contributed by atoms with E-state index in [1.807, 2.05) is 31.7 Å². The Bertz CT molecular complexity index is 2000. The van der Waals surface area contributed by atoms with E-state index >= 15 is 0 Å². The van der Waals surface area contributed by atoms with Crippen molar-refractivity contribution in [3.05, 3.63) is 89.1 Å². The number of sulfonamides is 1. The van der Waals surface area contributed by atoms with Crippen LogP contribution in [0.1, 0.15) is 59.5 Å². The van der Waals surface area contributed by atoms with Gasteiger partial charge in [-0.3, -0.25) is 13.9 Å².